The van der Waals surface area contributed by atoms with Gasteiger partial charge in [0.05, 0.1) is 5.92 Å². The number of aryl methyl sites for hydroxylation is 2. The summed E-state index contributed by atoms with van der Waals surface area (Å²) in [4.78, 5) is 27.9. The van der Waals surface area contributed by atoms with Gasteiger partial charge in [0.1, 0.15) is 11.5 Å². The van der Waals surface area contributed by atoms with Gasteiger partial charge in [0, 0.05) is 18.9 Å². The number of Topliss-reactive ketones (excluding diaryl/α,β-unsaturated/α-hetero) is 1. The Morgan fingerprint density at radius 3 is 2.27 bits per heavy atom. The highest BCUT2D eigenvalue weighted by molar-refractivity contribution is 5.85. The summed E-state index contributed by atoms with van der Waals surface area (Å²) in [6, 6.07) is 3.21. The van der Waals surface area contributed by atoms with E-state index in [-0.39, 0.29) is 36.3 Å². The third-order valence-corrected chi connectivity index (χ3v) is 4.57. The van der Waals surface area contributed by atoms with Crippen molar-refractivity contribution in [1.29, 1.82) is 0 Å². The number of nitrogens with two attached hydrogens (primary N) is 2. The molecule has 0 bridgehead atoms. The zero-order valence-corrected chi connectivity index (χ0v) is 15.7. The molecule has 0 aliphatic carbocycles. The monoisotopic (exact) mass is 363 g/mol. The van der Waals surface area contributed by atoms with E-state index in [0.717, 1.165) is 16.7 Å². The highest BCUT2D eigenvalue weighted by Gasteiger charge is 2.25. The van der Waals surface area contributed by atoms with Crippen LogP contribution in [0.25, 0.3) is 0 Å². The molecule has 0 aliphatic rings. The minimum Gasteiger partial charge on any atom is -0.508 e. The molecule has 144 valence electrons. The highest BCUT2D eigenvalue weighted by atomic mass is 16.4. The molecular weight excluding hydrogens is 334 g/mol. The number of aliphatic imine (C=N–C) groups is 1. The van der Waals surface area contributed by atoms with Gasteiger partial charge in [0.2, 0.25) is 0 Å². The molecule has 7 nitrogen and oxygen atoms in total. The molecule has 0 amide bonds. The van der Waals surface area contributed by atoms with E-state index in [2.05, 4.69) is 4.99 Å². The third kappa shape index (κ3) is 6.74. The number of ketones is 1. The average Bonchev–Trinajstić information content (AvgIpc) is 2.52. The summed E-state index contributed by atoms with van der Waals surface area (Å²) in [5.74, 6) is -1.91. The summed E-state index contributed by atoms with van der Waals surface area (Å²) in [6.45, 7) is 5.91. The Labute approximate surface area is 154 Å². The smallest absolute Gasteiger partial charge is 0.307 e. The number of guanidine groups is 1. The van der Waals surface area contributed by atoms with E-state index in [1.165, 1.54) is 0 Å². The van der Waals surface area contributed by atoms with Crippen LogP contribution in [0.5, 0.6) is 5.75 Å². The maximum atomic E-state index is 12.4. The van der Waals surface area contributed by atoms with Gasteiger partial charge in [-0.1, -0.05) is 6.92 Å². The Hall–Kier alpha value is -2.57. The lowest BCUT2D eigenvalue weighted by Crippen LogP contribution is -2.24. The van der Waals surface area contributed by atoms with E-state index in [1.807, 2.05) is 13.8 Å². The normalized spacial score (nSPS) is 13.0. The van der Waals surface area contributed by atoms with Crippen molar-refractivity contribution in [3.63, 3.8) is 0 Å². The zero-order valence-electron chi connectivity index (χ0n) is 15.7. The molecule has 0 spiro atoms. The summed E-state index contributed by atoms with van der Waals surface area (Å²) in [7, 11) is 0. The number of hydrogen-bond donors (Lipinski definition) is 4. The highest BCUT2D eigenvalue weighted by Crippen LogP contribution is 2.25. The number of carboxylic acids is 1. The Balaban J connectivity index is 2.72. The number of hydrogen-bond acceptors (Lipinski definition) is 4. The summed E-state index contributed by atoms with van der Waals surface area (Å²) >= 11 is 0. The first-order valence-electron chi connectivity index (χ1n) is 8.71. The number of carbonyl (C=O) groups is 2. The van der Waals surface area contributed by atoms with Crippen molar-refractivity contribution in [3.8, 4) is 5.75 Å². The molecule has 2 atom stereocenters. The van der Waals surface area contributed by atoms with Gasteiger partial charge in [-0.2, -0.15) is 0 Å². The first kappa shape index (κ1) is 21.5. The summed E-state index contributed by atoms with van der Waals surface area (Å²) in [5, 5.41) is 19.2. The first-order valence-corrected chi connectivity index (χ1v) is 8.71. The number of nitrogens with zero attached hydrogens (tertiary/aromatic N) is 1. The molecule has 1 aromatic rings. The molecule has 7 heteroatoms. The molecule has 0 aromatic heterocycles. The molecule has 0 saturated heterocycles. The van der Waals surface area contributed by atoms with Gasteiger partial charge in [0.15, 0.2) is 5.96 Å². The van der Waals surface area contributed by atoms with E-state index in [9.17, 15) is 19.8 Å². The van der Waals surface area contributed by atoms with Gasteiger partial charge in [-0.3, -0.25) is 14.6 Å². The minimum absolute atomic E-state index is 0.0153. The molecule has 0 radical (unpaired) electrons. The van der Waals surface area contributed by atoms with Crippen LogP contribution in [-0.4, -0.2) is 34.5 Å². The van der Waals surface area contributed by atoms with Crippen molar-refractivity contribution < 1.29 is 19.8 Å². The molecule has 0 heterocycles. The standard InChI is InChI=1S/C19H29N3O4/c1-11(5-4-6-22-19(20)21)17(24)10-14(18(25)26)9-16-12(2)7-15(23)8-13(16)3/h7-8,11,14,23H,4-6,9-10H2,1-3H3,(H,25,26)(H4,20,21,22)/t11-,14-/m1/s1. The summed E-state index contributed by atoms with van der Waals surface area (Å²) in [5.41, 5.74) is 13.0. The predicted octanol–water partition coefficient (Wildman–Crippen LogP) is 1.90. The van der Waals surface area contributed by atoms with Crippen LogP contribution in [0.3, 0.4) is 0 Å². The number of rotatable bonds is 10. The number of aromatic hydroxyl groups is 1. The molecule has 1 aromatic carbocycles. The molecule has 0 aliphatic heterocycles. The van der Waals surface area contributed by atoms with E-state index in [0.29, 0.717) is 19.4 Å². The number of aliphatic carboxylic acids is 1. The number of carboxylic acid groups (broad SMARTS) is 1. The van der Waals surface area contributed by atoms with Crippen LogP contribution in [0.2, 0.25) is 0 Å². The fraction of sp³-hybridized carbons (Fsp3) is 0.526. The Morgan fingerprint density at radius 1 is 1.19 bits per heavy atom. The third-order valence-electron chi connectivity index (χ3n) is 4.57. The van der Waals surface area contributed by atoms with Gasteiger partial charge in [-0.15, -0.1) is 0 Å². The lowest BCUT2D eigenvalue weighted by Gasteiger charge is -2.18. The Morgan fingerprint density at radius 2 is 1.77 bits per heavy atom. The zero-order chi connectivity index (χ0) is 19.9. The molecule has 26 heavy (non-hydrogen) atoms. The van der Waals surface area contributed by atoms with Crippen molar-refractivity contribution in [1.82, 2.24) is 0 Å². The lowest BCUT2D eigenvalue weighted by atomic mass is 9.86. The first-order chi connectivity index (χ1) is 12.1. The number of benzene rings is 1. The second kappa shape index (κ2) is 9.79. The van der Waals surface area contributed by atoms with Crippen LogP contribution < -0.4 is 11.5 Å². The fourth-order valence-corrected chi connectivity index (χ4v) is 3.00. The molecule has 6 N–H and O–H groups in total. The largest absolute Gasteiger partial charge is 0.508 e. The maximum absolute atomic E-state index is 12.4. The Bertz CT molecular complexity index is 658. The van der Waals surface area contributed by atoms with Crippen LogP contribution in [0.1, 0.15) is 42.9 Å². The van der Waals surface area contributed by atoms with Crippen molar-refractivity contribution >= 4 is 17.7 Å². The maximum Gasteiger partial charge on any atom is 0.307 e. The van der Waals surface area contributed by atoms with E-state index in [4.69, 9.17) is 11.5 Å². The van der Waals surface area contributed by atoms with Gasteiger partial charge in [-0.25, -0.2) is 0 Å². The molecular formula is C19H29N3O4. The predicted molar refractivity (Wildman–Crippen MR) is 101 cm³/mol. The van der Waals surface area contributed by atoms with Crippen molar-refractivity contribution in [2.24, 2.45) is 28.3 Å². The SMILES string of the molecule is Cc1cc(O)cc(C)c1C[C@H](CC(=O)[C@H](C)CCCN=C(N)N)C(=O)O. The second-order valence-electron chi connectivity index (χ2n) is 6.82. The summed E-state index contributed by atoms with van der Waals surface area (Å²) in [6.07, 6.45) is 1.52. The Kier molecular flexibility index (Phi) is 8.09. The number of phenols is 1. The van der Waals surface area contributed by atoms with Crippen LogP contribution in [0, 0.1) is 25.7 Å². The van der Waals surface area contributed by atoms with Crippen LogP contribution in [-0.2, 0) is 16.0 Å². The van der Waals surface area contributed by atoms with Gasteiger partial charge < -0.3 is 21.7 Å². The van der Waals surface area contributed by atoms with E-state index in [1.54, 1.807) is 19.1 Å². The van der Waals surface area contributed by atoms with Crippen molar-refractivity contribution in [3.05, 3.63) is 28.8 Å². The molecule has 1 rings (SSSR count). The van der Waals surface area contributed by atoms with Crippen LogP contribution in [0.15, 0.2) is 17.1 Å². The molecule has 0 saturated carbocycles. The van der Waals surface area contributed by atoms with E-state index < -0.39 is 11.9 Å². The summed E-state index contributed by atoms with van der Waals surface area (Å²) < 4.78 is 0. The quantitative estimate of drug-likeness (QED) is 0.284. The topological polar surface area (TPSA) is 139 Å². The number of phenolic OH excluding ortho intramolecular Hbond substituents is 1. The second-order valence-corrected chi connectivity index (χ2v) is 6.82. The lowest BCUT2D eigenvalue weighted by molar-refractivity contribution is -0.144. The van der Waals surface area contributed by atoms with Crippen LogP contribution >= 0.6 is 0 Å². The number of carbonyl (C=O) groups excluding carboxylic acids is 1. The molecule has 0 fully saturated rings. The van der Waals surface area contributed by atoms with Gasteiger partial charge in [0.25, 0.3) is 0 Å². The van der Waals surface area contributed by atoms with Crippen LogP contribution in [0.4, 0.5) is 0 Å². The van der Waals surface area contributed by atoms with E-state index >= 15 is 0 Å². The van der Waals surface area contributed by atoms with Crippen molar-refractivity contribution in [2.75, 3.05) is 6.54 Å². The van der Waals surface area contributed by atoms with Crippen molar-refractivity contribution in [2.45, 2.75) is 46.5 Å². The average molecular weight is 363 g/mol. The molecule has 0 unspecified atom stereocenters. The van der Waals surface area contributed by atoms with Gasteiger partial charge >= 0.3 is 5.97 Å². The fourth-order valence-electron chi connectivity index (χ4n) is 3.00. The van der Waals surface area contributed by atoms with Gasteiger partial charge in [-0.05, 0) is 61.9 Å². The minimum atomic E-state index is -0.988.